The van der Waals surface area contributed by atoms with Gasteiger partial charge in [-0.05, 0) is 36.2 Å². The van der Waals surface area contributed by atoms with Gasteiger partial charge in [-0.15, -0.1) is 0 Å². The molecule has 0 aliphatic rings. The van der Waals surface area contributed by atoms with E-state index in [1.165, 1.54) is 0 Å². The zero-order valence-electron chi connectivity index (χ0n) is 11.4. The van der Waals surface area contributed by atoms with Gasteiger partial charge in [-0.25, -0.2) is 12.8 Å². The Morgan fingerprint density at radius 1 is 1.09 bits per heavy atom. The molecule has 0 spiro atoms. The van der Waals surface area contributed by atoms with Gasteiger partial charge in [0.15, 0.2) is 0 Å². The summed E-state index contributed by atoms with van der Waals surface area (Å²) in [6.45, 7) is 0. The van der Waals surface area contributed by atoms with Crippen LogP contribution in [0, 0.1) is 5.82 Å². The van der Waals surface area contributed by atoms with Crippen LogP contribution < -0.4 is 4.72 Å². The van der Waals surface area contributed by atoms with Gasteiger partial charge in [-0.1, -0.05) is 30.3 Å². The summed E-state index contributed by atoms with van der Waals surface area (Å²) in [4.78, 5) is 11.1. The number of carboxylic acids is 1. The Balaban J connectivity index is 2.20. The molecule has 0 aromatic heterocycles. The van der Waals surface area contributed by atoms with Crippen LogP contribution in [0.15, 0.2) is 59.5 Å². The van der Waals surface area contributed by atoms with Crippen LogP contribution in [-0.2, 0) is 21.2 Å². The second kappa shape index (κ2) is 6.67. The molecule has 2 aromatic rings. The number of halogens is 1. The maximum Gasteiger partial charge on any atom is 0.322 e. The topological polar surface area (TPSA) is 83.5 Å². The predicted octanol–water partition coefficient (Wildman–Crippen LogP) is 1.80. The molecule has 2 rings (SSSR count). The van der Waals surface area contributed by atoms with Crippen LogP contribution in [0.4, 0.5) is 4.39 Å². The molecule has 7 heteroatoms. The van der Waals surface area contributed by atoms with E-state index in [9.17, 15) is 22.7 Å². The minimum atomic E-state index is -4.04. The number of hydrogen-bond donors (Lipinski definition) is 2. The fourth-order valence-corrected chi connectivity index (χ4v) is 3.09. The van der Waals surface area contributed by atoms with E-state index >= 15 is 0 Å². The quantitative estimate of drug-likeness (QED) is 0.849. The van der Waals surface area contributed by atoms with Crippen molar-refractivity contribution in [2.45, 2.75) is 17.4 Å². The zero-order valence-corrected chi connectivity index (χ0v) is 12.3. The van der Waals surface area contributed by atoms with Gasteiger partial charge in [0, 0.05) is 0 Å². The van der Waals surface area contributed by atoms with Gasteiger partial charge >= 0.3 is 5.97 Å². The second-order valence-corrected chi connectivity index (χ2v) is 6.37. The van der Waals surface area contributed by atoms with E-state index in [2.05, 4.69) is 4.72 Å². The van der Waals surface area contributed by atoms with Crippen molar-refractivity contribution in [3.05, 3.63) is 66.0 Å². The molecular formula is C15H14FNO4S. The SMILES string of the molecule is O=C(O)[C@@H](Cc1ccccc1)NS(=O)(=O)c1ccc(F)cc1. The maximum absolute atomic E-state index is 12.8. The van der Waals surface area contributed by atoms with Crippen molar-refractivity contribution >= 4 is 16.0 Å². The highest BCUT2D eigenvalue weighted by Gasteiger charge is 2.25. The molecule has 22 heavy (non-hydrogen) atoms. The third kappa shape index (κ3) is 4.12. The highest BCUT2D eigenvalue weighted by molar-refractivity contribution is 7.89. The van der Waals surface area contributed by atoms with Gasteiger partial charge in [0.25, 0.3) is 0 Å². The lowest BCUT2D eigenvalue weighted by Crippen LogP contribution is -2.42. The lowest BCUT2D eigenvalue weighted by atomic mass is 10.1. The average molecular weight is 323 g/mol. The maximum atomic E-state index is 12.8. The molecule has 0 radical (unpaired) electrons. The Kier molecular flexibility index (Phi) is 4.89. The summed E-state index contributed by atoms with van der Waals surface area (Å²) in [5.74, 6) is -1.85. The van der Waals surface area contributed by atoms with Crippen LogP contribution in [0.25, 0.3) is 0 Å². The molecular weight excluding hydrogens is 309 g/mol. The lowest BCUT2D eigenvalue weighted by molar-refractivity contribution is -0.138. The molecule has 0 saturated carbocycles. The minimum absolute atomic E-state index is 0.0105. The Hall–Kier alpha value is -2.25. The van der Waals surface area contributed by atoms with E-state index in [4.69, 9.17) is 0 Å². The fraction of sp³-hybridized carbons (Fsp3) is 0.133. The molecule has 0 bridgehead atoms. The van der Waals surface area contributed by atoms with E-state index in [1.54, 1.807) is 30.3 Å². The molecule has 0 amide bonds. The number of sulfonamides is 1. The number of aliphatic carboxylic acids is 1. The van der Waals surface area contributed by atoms with E-state index in [0.717, 1.165) is 24.3 Å². The monoisotopic (exact) mass is 323 g/mol. The number of rotatable bonds is 6. The van der Waals surface area contributed by atoms with E-state index in [-0.39, 0.29) is 11.3 Å². The fourth-order valence-electron chi connectivity index (χ4n) is 1.90. The van der Waals surface area contributed by atoms with Gasteiger partial charge in [-0.2, -0.15) is 4.72 Å². The van der Waals surface area contributed by atoms with Gasteiger partial charge in [0.1, 0.15) is 11.9 Å². The van der Waals surface area contributed by atoms with Crippen LogP contribution in [0.5, 0.6) is 0 Å². The van der Waals surface area contributed by atoms with E-state index in [0.29, 0.717) is 5.56 Å². The molecule has 1 atom stereocenters. The van der Waals surface area contributed by atoms with E-state index in [1.807, 2.05) is 0 Å². The van der Waals surface area contributed by atoms with Crippen molar-refractivity contribution < 1.29 is 22.7 Å². The smallest absolute Gasteiger partial charge is 0.322 e. The first kappa shape index (κ1) is 16.1. The largest absolute Gasteiger partial charge is 0.480 e. The first-order valence-electron chi connectivity index (χ1n) is 6.43. The molecule has 0 heterocycles. The number of carbonyl (C=O) groups is 1. The third-order valence-corrected chi connectivity index (χ3v) is 4.49. The van der Waals surface area contributed by atoms with Crippen molar-refractivity contribution in [3.8, 4) is 0 Å². The molecule has 0 saturated heterocycles. The first-order valence-corrected chi connectivity index (χ1v) is 7.91. The van der Waals surface area contributed by atoms with Crippen molar-refractivity contribution in [2.75, 3.05) is 0 Å². The van der Waals surface area contributed by atoms with Crippen molar-refractivity contribution in [2.24, 2.45) is 0 Å². The molecule has 0 aliphatic carbocycles. The Morgan fingerprint density at radius 2 is 1.68 bits per heavy atom. The normalized spacial score (nSPS) is 12.8. The molecule has 5 nitrogen and oxygen atoms in total. The standard InChI is InChI=1S/C15H14FNO4S/c16-12-6-8-13(9-7-12)22(20,21)17-14(15(18)19)10-11-4-2-1-3-5-11/h1-9,14,17H,10H2,(H,18,19)/t14-/m1/s1. The molecule has 0 unspecified atom stereocenters. The molecule has 2 aromatic carbocycles. The van der Waals surface area contributed by atoms with Gasteiger partial charge in [0.2, 0.25) is 10.0 Å². The van der Waals surface area contributed by atoms with Crippen LogP contribution in [0.3, 0.4) is 0 Å². The van der Waals surface area contributed by atoms with Gasteiger partial charge in [0.05, 0.1) is 4.90 Å². The summed E-state index contributed by atoms with van der Waals surface area (Å²) < 4.78 is 39.3. The first-order chi connectivity index (χ1) is 10.4. The third-order valence-electron chi connectivity index (χ3n) is 3.00. The molecule has 2 N–H and O–H groups in total. The lowest BCUT2D eigenvalue weighted by Gasteiger charge is -2.15. The number of nitrogens with one attached hydrogen (secondary N) is 1. The van der Waals surface area contributed by atoms with Gasteiger partial charge in [-0.3, -0.25) is 4.79 Å². The van der Waals surface area contributed by atoms with E-state index < -0.39 is 27.9 Å². The summed E-state index contributed by atoms with van der Waals surface area (Å²) in [7, 11) is -4.04. The van der Waals surface area contributed by atoms with Crippen LogP contribution >= 0.6 is 0 Å². The summed E-state index contributed by atoms with van der Waals surface area (Å²) in [5.41, 5.74) is 0.691. The molecule has 116 valence electrons. The zero-order chi connectivity index (χ0) is 16.2. The Labute approximate surface area is 127 Å². The van der Waals surface area contributed by atoms with Crippen LogP contribution in [-0.4, -0.2) is 25.5 Å². The van der Waals surface area contributed by atoms with Crippen molar-refractivity contribution in [1.29, 1.82) is 0 Å². The average Bonchev–Trinajstić information content (AvgIpc) is 2.48. The number of carboxylic acid groups (broad SMARTS) is 1. The van der Waals surface area contributed by atoms with Gasteiger partial charge < -0.3 is 5.11 Å². The highest BCUT2D eigenvalue weighted by atomic mass is 32.2. The van der Waals surface area contributed by atoms with Crippen LogP contribution in [0.2, 0.25) is 0 Å². The summed E-state index contributed by atoms with van der Waals surface area (Å²) >= 11 is 0. The predicted molar refractivity (Wildman–Crippen MR) is 78.3 cm³/mol. The molecule has 0 aliphatic heterocycles. The minimum Gasteiger partial charge on any atom is -0.480 e. The number of benzene rings is 2. The Bertz CT molecular complexity index is 745. The second-order valence-electron chi connectivity index (χ2n) is 4.66. The van der Waals surface area contributed by atoms with Crippen LogP contribution in [0.1, 0.15) is 5.56 Å². The van der Waals surface area contributed by atoms with Crippen molar-refractivity contribution in [3.63, 3.8) is 0 Å². The highest BCUT2D eigenvalue weighted by Crippen LogP contribution is 2.12. The summed E-state index contributed by atoms with van der Waals surface area (Å²) in [6.07, 6.45) is 0.0105. The summed E-state index contributed by atoms with van der Waals surface area (Å²) in [5, 5.41) is 9.20. The Morgan fingerprint density at radius 3 is 2.23 bits per heavy atom. The summed E-state index contributed by atoms with van der Waals surface area (Å²) in [6, 6.07) is 11.5. The number of hydrogen-bond acceptors (Lipinski definition) is 3. The van der Waals surface area contributed by atoms with Crippen molar-refractivity contribution in [1.82, 2.24) is 4.72 Å². The molecule has 0 fully saturated rings.